The molecule has 0 atom stereocenters. The Morgan fingerprint density at radius 1 is 1.20 bits per heavy atom. The Kier molecular flexibility index (Phi) is 6.42. The van der Waals surface area contributed by atoms with Crippen LogP contribution in [-0.4, -0.2) is 30.4 Å². The molecule has 0 spiro atoms. The standard InChI is InChI=1S/C15H22F2N2O/c1-4-7-8-19(6-3)15(20)11-9-12(16)14(18-5-2)13(17)10-11/h9-10,18H,4-8H2,1-3H3. The molecule has 3 nitrogen and oxygen atoms in total. The number of hydrogen-bond donors (Lipinski definition) is 1. The van der Waals surface area contributed by atoms with Crippen molar-refractivity contribution >= 4 is 11.6 Å². The van der Waals surface area contributed by atoms with E-state index in [1.807, 2.05) is 13.8 Å². The maximum atomic E-state index is 13.8. The van der Waals surface area contributed by atoms with Crippen molar-refractivity contribution in [3.63, 3.8) is 0 Å². The smallest absolute Gasteiger partial charge is 0.254 e. The molecule has 0 bridgehead atoms. The van der Waals surface area contributed by atoms with Gasteiger partial charge in [0.05, 0.1) is 0 Å². The highest BCUT2D eigenvalue weighted by Crippen LogP contribution is 2.21. The average molecular weight is 284 g/mol. The summed E-state index contributed by atoms with van der Waals surface area (Å²) >= 11 is 0. The van der Waals surface area contributed by atoms with Crippen molar-refractivity contribution in [1.29, 1.82) is 0 Å². The highest BCUT2D eigenvalue weighted by atomic mass is 19.1. The SMILES string of the molecule is CCCCN(CC)C(=O)c1cc(F)c(NCC)c(F)c1. The summed E-state index contributed by atoms with van der Waals surface area (Å²) in [6.45, 7) is 7.18. The number of carbonyl (C=O) groups excluding carboxylic acids is 1. The van der Waals surface area contributed by atoms with E-state index < -0.39 is 11.6 Å². The fourth-order valence-corrected chi connectivity index (χ4v) is 1.98. The molecule has 0 fully saturated rings. The first-order valence-corrected chi connectivity index (χ1v) is 7.07. The molecule has 0 aliphatic heterocycles. The number of carbonyl (C=O) groups is 1. The molecule has 0 aliphatic carbocycles. The van der Waals surface area contributed by atoms with Gasteiger partial charge in [0.1, 0.15) is 17.3 Å². The second-order valence-electron chi connectivity index (χ2n) is 4.58. The largest absolute Gasteiger partial charge is 0.381 e. The van der Waals surface area contributed by atoms with Gasteiger partial charge in [-0.1, -0.05) is 13.3 Å². The molecule has 5 heteroatoms. The van der Waals surface area contributed by atoms with Gasteiger partial charge in [-0.15, -0.1) is 0 Å². The van der Waals surface area contributed by atoms with E-state index in [1.165, 1.54) is 0 Å². The van der Waals surface area contributed by atoms with E-state index in [2.05, 4.69) is 5.32 Å². The van der Waals surface area contributed by atoms with Crippen LogP contribution in [0, 0.1) is 11.6 Å². The number of unbranched alkanes of at least 4 members (excludes halogenated alkanes) is 1. The van der Waals surface area contributed by atoms with E-state index in [4.69, 9.17) is 0 Å². The molecule has 0 heterocycles. The number of rotatable bonds is 7. The number of benzene rings is 1. The highest BCUT2D eigenvalue weighted by molar-refractivity contribution is 5.94. The number of halogens is 2. The minimum Gasteiger partial charge on any atom is -0.381 e. The lowest BCUT2D eigenvalue weighted by Crippen LogP contribution is -2.32. The molecule has 0 radical (unpaired) electrons. The highest BCUT2D eigenvalue weighted by Gasteiger charge is 2.18. The van der Waals surface area contributed by atoms with Crippen LogP contribution in [-0.2, 0) is 0 Å². The molecule has 0 aromatic heterocycles. The lowest BCUT2D eigenvalue weighted by molar-refractivity contribution is 0.0761. The predicted molar refractivity (Wildman–Crippen MR) is 77.0 cm³/mol. The molecular formula is C15H22F2N2O. The summed E-state index contributed by atoms with van der Waals surface area (Å²) in [7, 11) is 0. The first-order chi connectivity index (χ1) is 9.54. The van der Waals surface area contributed by atoms with Gasteiger partial charge in [0.2, 0.25) is 0 Å². The molecule has 0 unspecified atom stereocenters. The van der Waals surface area contributed by atoms with Crippen LogP contribution in [0.15, 0.2) is 12.1 Å². The second kappa shape index (κ2) is 7.82. The molecule has 1 rings (SSSR count). The minimum atomic E-state index is -0.734. The number of nitrogens with one attached hydrogen (secondary N) is 1. The predicted octanol–water partition coefficient (Wildman–Crippen LogP) is 3.66. The quantitative estimate of drug-likeness (QED) is 0.828. The first-order valence-electron chi connectivity index (χ1n) is 7.07. The number of amides is 1. The normalized spacial score (nSPS) is 10.4. The van der Waals surface area contributed by atoms with E-state index in [9.17, 15) is 13.6 Å². The van der Waals surface area contributed by atoms with E-state index in [0.29, 0.717) is 19.6 Å². The van der Waals surface area contributed by atoms with E-state index in [0.717, 1.165) is 25.0 Å². The molecule has 0 aliphatic rings. The third kappa shape index (κ3) is 3.92. The Balaban J connectivity index is 2.98. The second-order valence-corrected chi connectivity index (χ2v) is 4.58. The zero-order valence-electron chi connectivity index (χ0n) is 12.3. The third-order valence-corrected chi connectivity index (χ3v) is 3.09. The van der Waals surface area contributed by atoms with Crippen LogP contribution in [0.5, 0.6) is 0 Å². The molecule has 1 N–H and O–H groups in total. The van der Waals surface area contributed by atoms with E-state index >= 15 is 0 Å². The summed E-state index contributed by atoms with van der Waals surface area (Å²) in [5.41, 5.74) is -0.125. The van der Waals surface area contributed by atoms with Crippen LogP contribution in [0.4, 0.5) is 14.5 Å². The summed E-state index contributed by atoms with van der Waals surface area (Å²) in [4.78, 5) is 13.8. The van der Waals surface area contributed by atoms with Gasteiger partial charge in [-0.25, -0.2) is 8.78 Å². The van der Waals surface area contributed by atoms with Gasteiger partial charge in [0, 0.05) is 25.2 Å². The van der Waals surface area contributed by atoms with Gasteiger partial charge in [-0.2, -0.15) is 0 Å². The van der Waals surface area contributed by atoms with Crippen LogP contribution in [0.25, 0.3) is 0 Å². The molecule has 20 heavy (non-hydrogen) atoms. The van der Waals surface area contributed by atoms with Crippen molar-refractivity contribution in [3.8, 4) is 0 Å². The minimum absolute atomic E-state index is 0.0552. The van der Waals surface area contributed by atoms with Crippen molar-refractivity contribution < 1.29 is 13.6 Å². The van der Waals surface area contributed by atoms with Gasteiger partial charge in [-0.05, 0) is 32.4 Å². The summed E-state index contributed by atoms with van der Waals surface area (Å²) in [5, 5.41) is 2.61. The fraction of sp³-hybridized carbons (Fsp3) is 0.533. The van der Waals surface area contributed by atoms with E-state index in [-0.39, 0.29) is 17.2 Å². The van der Waals surface area contributed by atoms with Crippen molar-refractivity contribution in [2.24, 2.45) is 0 Å². The Morgan fingerprint density at radius 2 is 1.80 bits per heavy atom. The Morgan fingerprint density at radius 3 is 2.25 bits per heavy atom. The zero-order chi connectivity index (χ0) is 15.1. The fourth-order valence-electron chi connectivity index (χ4n) is 1.98. The lowest BCUT2D eigenvalue weighted by atomic mass is 10.1. The van der Waals surface area contributed by atoms with Crippen molar-refractivity contribution in [2.75, 3.05) is 25.0 Å². The molecule has 1 amide bonds. The van der Waals surface area contributed by atoms with E-state index in [1.54, 1.807) is 11.8 Å². The van der Waals surface area contributed by atoms with Crippen LogP contribution in [0.2, 0.25) is 0 Å². The van der Waals surface area contributed by atoms with Crippen LogP contribution in [0.3, 0.4) is 0 Å². The molecule has 0 saturated heterocycles. The van der Waals surface area contributed by atoms with Gasteiger partial charge in [-0.3, -0.25) is 4.79 Å². The van der Waals surface area contributed by atoms with Crippen molar-refractivity contribution in [3.05, 3.63) is 29.3 Å². The molecule has 112 valence electrons. The lowest BCUT2D eigenvalue weighted by Gasteiger charge is -2.21. The maximum Gasteiger partial charge on any atom is 0.254 e. The summed E-state index contributed by atoms with van der Waals surface area (Å²) < 4.78 is 27.6. The molecule has 1 aromatic rings. The topological polar surface area (TPSA) is 32.3 Å². The van der Waals surface area contributed by atoms with Crippen LogP contribution in [0.1, 0.15) is 44.0 Å². The van der Waals surface area contributed by atoms with Gasteiger partial charge in [0.25, 0.3) is 5.91 Å². The molecular weight excluding hydrogens is 262 g/mol. The molecule has 0 saturated carbocycles. The van der Waals surface area contributed by atoms with Crippen molar-refractivity contribution in [1.82, 2.24) is 4.90 Å². The summed E-state index contributed by atoms with van der Waals surface area (Å²) in [5.74, 6) is -1.80. The Labute approximate surface area is 119 Å². The third-order valence-electron chi connectivity index (χ3n) is 3.09. The number of hydrogen-bond acceptors (Lipinski definition) is 2. The Hall–Kier alpha value is -1.65. The van der Waals surface area contributed by atoms with Crippen LogP contribution >= 0.6 is 0 Å². The van der Waals surface area contributed by atoms with Gasteiger partial charge < -0.3 is 10.2 Å². The van der Waals surface area contributed by atoms with Crippen LogP contribution < -0.4 is 5.32 Å². The van der Waals surface area contributed by atoms with Crippen molar-refractivity contribution in [2.45, 2.75) is 33.6 Å². The average Bonchev–Trinajstić information content (AvgIpc) is 2.43. The number of anilines is 1. The number of nitrogens with zero attached hydrogens (tertiary/aromatic N) is 1. The monoisotopic (exact) mass is 284 g/mol. The van der Waals surface area contributed by atoms with Gasteiger partial charge >= 0.3 is 0 Å². The molecule has 1 aromatic carbocycles. The zero-order valence-corrected chi connectivity index (χ0v) is 12.3. The first kappa shape index (κ1) is 16.4. The maximum absolute atomic E-state index is 13.8. The summed E-state index contributed by atoms with van der Waals surface area (Å²) in [6.07, 6.45) is 1.84. The summed E-state index contributed by atoms with van der Waals surface area (Å²) in [6, 6.07) is 2.19. The van der Waals surface area contributed by atoms with Gasteiger partial charge in [0.15, 0.2) is 0 Å². The Bertz CT molecular complexity index is 440.